The fraction of sp³-hybridized carbons (Fsp3) is 0. The number of hydrogen-bond acceptors (Lipinski definition) is 1. The van der Waals surface area contributed by atoms with Crippen LogP contribution in [0.3, 0.4) is 0 Å². The molecule has 2 radical (unpaired) electrons. The molecule has 0 aromatic heterocycles. The predicted octanol–water partition coefficient (Wildman–Crippen LogP) is 3.95. The first-order valence-corrected chi connectivity index (χ1v) is 6.60. The van der Waals surface area contributed by atoms with Crippen molar-refractivity contribution in [2.45, 2.75) is 0 Å². The number of para-hydroxylation sites is 2. The number of nitrogens with zero attached hydrogens (tertiary/aromatic N) is 1. The molecular formula is C18H14BN. The third-order valence-corrected chi connectivity index (χ3v) is 3.16. The summed E-state index contributed by atoms with van der Waals surface area (Å²) >= 11 is 0. The highest BCUT2D eigenvalue weighted by molar-refractivity contribution is 6.32. The van der Waals surface area contributed by atoms with Gasteiger partial charge in [-0.2, -0.15) is 0 Å². The van der Waals surface area contributed by atoms with Gasteiger partial charge in [-0.25, -0.2) is 0 Å². The summed E-state index contributed by atoms with van der Waals surface area (Å²) in [4.78, 5) is 2.19. The highest BCUT2D eigenvalue weighted by Crippen LogP contribution is 2.33. The van der Waals surface area contributed by atoms with Crippen LogP contribution in [0.25, 0.3) is 0 Å². The van der Waals surface area contributed by atoms with Gasteiger partial charge in [0.05, 0.1) is 0 Å². The maximum atomic E-state index is 5.93. The fourth-order valence-corrected chi connectivity index (χ4v) is 2.27. The Labute approximate surface area is 120 Å². The van der Waals surface area contributed by atoms with Crippen molar-refractivity contribution < 1.29 is 0 Å². The Morgan fingerprint density at radius 2 is 1.05 bits per heavy atom. The van der Waals surface area contributed by atoms with E-state index in [2.05, 4.69) is 35.2 Å². The third-order valence-electron chi connectivity index (χ3n) is 3.16. The molecule has 3 aromatic carbocycles. The largest absolute Gasteiger partial charge is 0.311 e. The van der Waals surface area contributed by atoms with Crippen molar-refractivity contribution in [1.82, 2.24) is 0 Å². The molecule has 0 unspecified atom stereocenters. The first kappa shape index (κ1) is 12.6. The molecule has 3 rings (SSSR count). The van der Waals surface area contributed by atoms with Gasteiger partial charge in [-0.05, 0) is 36.4 Å². The van der Waals surface area contributed by atoms with Gasteiger partial charge >= 0.3 is 0 Å². The zero-order valence-electron chi connectivity index (χ0n) is 11.1. The Balaban J connectivity index is 2.14. The SMILES string of the molecule is [B]c1cccc(N(c2ccccc2)c2ccccc2)c1. The van der Waals surface area contributed by atoms with E-state index in [1.54, 1.807) is 0 Å². The van der Waals surface area contributed by atoms with Crippen molar-refractivity contribution in [3.8, 4) is 0 Å². The van der Waals surface area contributed by atoms with Crippen molar-refractivity contribution in [1.29, 1.82) is 0 Å². The van der Waals surface area contributed by atoms with E-state index in [4.69, 9.17) is 7.85 Å². The molecule has 0 heterocycles. The lowest BCUT2D eigenvalue weighted by Crippen LogP contribution is -2.12. The van der Waals surface area contributed by atoms with Crippen LogP contribution in [0.4, 0.5) is 17.1 Å². The maximum absolute atomic E-state index is 5.93. The highest BCUT2D eigenvalue weighted by atomic mass is 15.1. The number of hydrogen-bond donors (Lipinski definition) is 0. The van der Waals surface area contributed by atoms with Crippen molar-refractivity contribution >= 4 is 30.4 Å². The third kappa shape index (κ3) is 2.60. The number of anilines is 3. The maximum Gasteiger partial charge on any atom is 0.113 e. The van der Waals surface area contributed by atoms with Crippen LogP contribution in [0.5, 0.6) is 0 Å². The molecule has 0 N–H and O–H groups in total. The van der Waals surface area contributed by atoms with Crippen molar-refractivity contribution in [3.63, 3.8) is 0 Å². The molecule has 20 heavy (non-hydrogen) atoms. The molecule has 0 aliphatic rings. The molecular weight excluding hydrogens is 241 g/mol. The highest BCUT2D eigenvalue weighted by Gasteiger charge is 2.10. The van der Waals surface area contributed by atoms with E-state index >= 15 is 0 Å². The molecule has 0 aliphatic heterocycles. The summed E-state index contributed by atoms with van der Waals surface area (Å²) in [5.41, 5.74) is 4.05. The molecule has 0 spiro atoms. The molecule has 0 fully saturated rings. The van der Waals surface area contributed by atoms with Gasteiger partial charge < -0.3 is 4.90 Å². The van der Waals surface area contributed by atoms with E-state index in [1.807, 2.05) is 54.6 Å². The van der Waals surface area contributed by atoms with Gasteiger partial charge in [0.1, 0.15) is 7.85 Å². The molecule has 1 nitrogen and oxygen atoms in total. The topological polar surface area (TPSA) is 3.24 Å². The molecule has 3 aromatic rings. The Kier molecular flexibility index (Phi) is 3.55. The molecule has 0 atom stereocenters. The second kappa shape index (κ2) is 5.66. The smallest absolute Gasteiger partial charge is 0.113 e. The quantitative estimate of drug-likeness (QED) is 0.640. The van der Waals surface area contributed by atoms with Crippen LogP contribution >= 0.6 is 0 Å². The van der Waals surface area contributed by atoms with Crippen LogP contribution in [-0.4, -0.2) is 7.85 Å². The zero-order chi connectivity index (χ0) is 13.8. The Morgan fingerprint density at radius 1 is 0.550 bits per heavy atom. The second-order valence-electron chi connectivity index (χ2n) is 4.60. The molecule has 0 saturated carbocycles. The zero-order valence-corrected chi connectivity index (χ0v) is 11.1. The predicted molar refractivity (Wildman–Crippen MR) is 86.5 cm³/mol. The first-order chi connectivity index (χ1) is 9.84. The van der Waals surface area contributed by atoms with Crippen LogP contribution in [0.1, 0.15) is 0 Å². The van der Waals surface area contributed by atoms with Gasteiger partial charge in [-0.15, -0.1) is 0 Å². The summed E-state index contributed by atoms with van der Waals surface area (Å²) in [6.07, 6.45) is 0. The summed E-state index contributed by atoms with van der Waals surface area (Å²) in [7, 11) is 5.93. The minimum Gasteiger partial charge on any atom is -0.311 e. The number of rotatable bonds is 3. The average Bonchev–Trinajstić information content (AvgIpc) is 2.50. The van der Waals surface area contributed by atoms with Crippen LogP contribution in [0, 0.1) is 0 Å². The van der Waals surface area contributed by atoms with E-state index in [1.165, 1.54) is 0 Å². The molecule has 0 bridgehead atoms. The molecule has 0 saturated heterocycles. The lowest BCUT2D eigenvalue weighted by Gasteiger charge is -2.25. The van der Waals surface area contributed by atoms with Crippen molar-refractivity contribution in [2.75, 3.05) is 4.90 Å². The van der Waals surface area contributed by atoms with Gasteiger partial charge in [0.2, 0.25) is 0 Å². The molecule has 0 amide bonds. The minimum absolute atomic E-state index is 0.763. The summed E-state index contributed by atoms with van der Waals surface area (Å²) in [6, 6.07) is 28.5. The average molecular weight is 255 g/mol. The van der Waals surface area contributed by atoms with Crippen LogP contribution < -0.4 is 10.4 Å². The fourth-order valence-electron chi connectivity index (χ4n) is 2.27. The lowest BCUT2D eigenvalue weighted by atomic mass is 9.95. The summed E-state index contributed by atoms with van der Waals surface area (Å²) in [6.45, 7) is 0. The van der Waals surface area contributed by atoms with Crippen LogP contribution in [0.15, 0.2) is 84.9 Å². The van der Waals surface area contributed by atoms with E-state index in [0.29, 0.717) is 0 Å². The Hall–Kier alpha value is -2.48. The van der Waals surface area contributed by atoms with E-state index in [-0.39, 0.29) is 0 Å². The van der Waals surface area contributed by atoms with Crippen LogP contribution in [-0.2, 0) is 0 Å². The lowest BCUT2D eigenvalue weighted by molar-refractivity contribution is 1.29. The van der Waals surface area contributed by atoms with Gasteiger partial charge in [0.25, 0.3) is 0 Å². The normalized spacial score (nSPS) is 10.2. The van der Waals surface area contributed by atoms with Crippen molar-refractivity contribution in [2.24, 2.45) is 0 Å². The van der Waals surface area contributed by atoms with E-state index in [0.717, 1.165) is 22.5 Å². The van der Waals surface area contributed by atoms with Gasteiger partial charge in [-0.1, -0.05) is 54.0 Å². The standard InChI is InChI=1S/C18H14BN/c19-15-8-7-13-18(14-15)20(16-9-3-1-4-10-16)17-11-5-2-6-12-17/h1-14H. The number of benzene rings is 3. The molecule has 2 heteroatoms. The monoisotopic (exact) mass is 255 g/mol. The summed E-state index contributed by atoms with van der Waals surface area (Å²) < 4.78 is 0. The molecule has 0 aliphatic carbocycles. The molecule has 94 valence electrons. The summed E-state index contributed by atoms with van der Waals surface area (Å²) in [5.74, 6) is 0. The van der Waals surface area contributed by atoms with Gasteiger partial charge in [0.15, 0.2) is 0 Å². The second-order valence-corrected chi connectivity index (χ2v) is 4.60. The first-order valence-electron chi connectivity index (χ1n) is 6.60. The van der Waals surface area contributed by atoms with Crippen LogP contribution in [0.2, 0.25) is 0 Å². The van der Waals surface area contributed by atoms with Gasteiger partial charge in [0, 0.05) is 17.1 Å². The Bertz CT molecular complexity index is 641. The van der Waals surface area contributed by atoms with E-state index in [9.17, 15) is 0 Å². The van der Waals surface area contributed by atoms with Gasteiger partial charge in [-0.3, -0.25) is 0 Å². The van der Waals surface area contributed by atoms with E-state index < -0.39 is 0 Å². The Morgan fingerprint density at radius 3 is 1.55 bits per heavy atom. The summed E-state index contributed by atoms with van der Waals surface area (Å²) in [5, 5.41) is 0. The minimum atomic E-state index is 0.763. The van der Waals surface area contributed by atoms with Crippen molar-refractivity contribution in [3.05, 3.63) is 84.9 Å².